The Balaban J connectivity index is 1.87. The molecule has 20 heavy (non-hydrogen) atoms. The fraction of sp³-hybridized carbons (Fsp3) is 0.471. The van der Waals surface area contributed by atoms with Gasteiger partial charge >= 0.3 is 0 Å². The largest absolute Gasteiger partial charge is 0.356 e. The summed E-state index contributed by atoms with van der Waals surface area (Å²) in [6.07, 6.45) is 4.79. The predicted octanol–water partition coefficient (Wildman–Crippen LogP) is 3.41. The van der Waals surface area contributed by atoms with E-state index in [4.69, 9.17) is 0 Å². The number of carbonyl (C=O) groups excluding carboxylic acids is 1. The predicted molar refractivity (Wildman–Crippen MR) is 79.5 cm³/mol. The molecule has 104 valence electrons. The average molecular weight is 268 g/mol. The van der Waals surface area contributed by atoms with Crippen molar-refractivity contribution in [3.05, 3.63) is 35.5 Å². The quantitative estimate of drug-likeness (QED) is 0.845. The van der Waals surface area contributed by atoms with Crippen LogP contribution in [0.4, 0.5) is 0 Å². The van der Waals surface area contributed by atoms with Crippen LogP contribution in [0, 0.1) is 5.92 Å². The molecule has 1 saturated carbocycles. The minimum absolute atomic E-state index is 0.214. The van der Waals surface area contributed by atoms with Crippen LogP contribution in [-0.2, 0) is 11.2 Å². The Labute approximate surface area is 119 Å². The van der Waals surface area contributed by atoms with Crippen LogP contribution in [-0.4, -0.2) is 22.3 Å². The monoisotopic (exact) mass is 268 g/mol. The summed E-state index contributed by atoms with van der Waals surface area (Å²) < 4.78 is 0. The molecule has 2 aromatic rings. The van der Waals surface area contributed by atoms with Gasteiger partial charge in [0.2, 0.25) is 5.91 Å². The van der Waals surface area contributed by atoms with E-state index in [1.807, 2.05) is 0 Å². The van der Waals surface area contributed by atoms with Gasteiger partial charge in [-0.3, -0.25) is 4.79 Å². The van der Waals surface area contributed by atoms with Crippen LogP contribution in [0.3, 0.4) is 0 Å². The molecule has 0 spiro atoms. The van der Waals surface area contributed by atoms with Crippen LogP contribution < -0.4 is 0 Å². The molecule has 1 atom stereocenters. The van der Waals surface area contributed by atoms with Gasteiger partial charge in [0, 0.05) is 30.1 Å². The first-order valence-electron chi connectivity index (χ1n) is 7.62. The molecule has 0 bridgehead atoms. The lowest BCUT2D eigenvalue weighted by Gasteiger charge is -2.43. The molecule has 1 fully saturated rings. The Morgan fingerprint density at radius 1 is 1.30 bits per heavy atom. The molecule has 1 aromatic heterocycles. The van der Waals surface area contributed by atoms with Crippen molar-refractivity contribution in [3.63, 3.8) is 0 Å². The molecule has 1 aliphatic heterocycles. The van der Waals surface area contributed by atoms with Gasteiger partial charge in [-0.1, -0.05) is 24.6 Å². The maximum Gasteiger partial charge on any atom is 0.220 e. The molecular formula is C17H20N2O. The van der Waals surface area contributed by atoms with Gasteiger partial charge in [0.25, 0.3) is 0 Å². The Morgan fingerprint density at radius 2 is 2.10 bits per heavy atom. The van der Waals surface area contributed by atoms with Crippen molar-refractivity contribution in [1.82, 2.24) is 9.88 Å². The summed E-state index contributed by atoms with van der Waals surface area (Å²) in [5, 5.41) is 1.34. The lowest BCUT2D eigenvalue weighted by Crippen LogP contribution is -2.43. The minimum atomic E-state index is 0.214. The average Bonchev–Trinajstić information content (AvgIpc) is 2.76. The van der Waals surface area contributed by atoms with E-state index < -0.39 is 0 Å². The van der Waals surface area contributed by atoms with Crippen LogP contribution in [0.2, 0.25) is 0 Å². The third-order valence-corrected chi connectivity index (χ3v) is 5.08. The lowest BCUT2D eigenvalue weighted by atomic mass is 9.75. The molecule has 4 rings (SSSR count). The number of aromatic amines is 1. The smallest absolute Gasteiger partial charge is 0.220 e. The standard InChI is InChI=1S/C17H20N2O/c1-11(20)19-10-9-14-13-7-2-3-8-15(13)18-16(14)17(19)12-5-4-6-12/h2-3,7-8,12,17-18H,4-6,9-10H2,1H3. The second-order valence-corrected chi connectivity index (χ2v) is 6.16. The molecule has 2 heterocycles. The topological polar surface area (TPSA) is 36.1 Å². The van der Waals surface area contributed by atoms with Gasteiger partial charge in [0.1, 0.15) is 0 Å². The van der Waals surface area contributed by atoms with E-state index in [-0.39, 0.29) is 11.9 Å². The molecule has 3 nitrogen and oxygen atoms in total. The molecule has 2 aliphatic rings. The summed E-state index contributed by atoms with van der Waals surface area (Å²) in [4.78, 5) is 17.7. The zero-order valence-corrected chi connectivity index (χ0v) is 11.9. The zero-order valence-electron chi connectivity index (χ0n) is 11.9. The molecule has 1 aliphatic carbocycles. The normalized spacial score (nSPS) is 22.6. The van der Waals surface area contributed by atoms with Crippen molar-refractivity contribution in [2.24, 2.45) is 5.92 Å². The third-order valence-electron chi connectivity index (χ3n) is 5.08. The Bertz CT molecular complexity index is 669. The number of hydrogen-bond donors (Lipinski definition) is 1. The van der Waals surface area contributed by atoms with Crippen molar-refractivity contribution in [1.29, 1.82) is 0 Å². The minimum Gasteiger partial charge on any atom is -0.356 e. The Kier molecular flexibility index (Phi) is 2.62. The van der Waals surface area contributed by atoms with Crippen LogP contribution >= 0.6 is 0 Å². The number of nitrogens with zero attached hydrogens (tertiary/aromatic N) is 1. The molecule has 1 amide bonds. The molecular weight excluding hydrogens is 248 g/mol. The van der Waals surface area contributed by atoms with Crippen molar-refractivity contribution in [3.8, 4) is 0 Å². The van der Waals surface area contributed by atoms with Crippen molar-refractivity contribution in [2.45, 2.75) is 38.6 Å². The van der Waals surface area contributed by atoms with Crippen LogP contribution in [0.1, 0.15) is 43.5 Å². The Hall–Kier alpha value is -1.77. The van der Waals surface area contributed by atoms with Gasteiger partial charge in [-0.15, -0.1) is 0 Å². The summed E-state index contributed by atoms with van der Waals surface area (Å²) in [6.45, 7) is 2.57. The van der Waals surface area contributed by atoms with Crippen LogP contribution in [0.25, 0.3) is 10.9 Å². The summed E-state index contributed by atoms with van der Waals surface area (Å²) >= 11 is 0. The number of fused-ring (bicyclic) bond motifs is 3. The highest BCUT2D eigenvalue weighted by Gasteiger charge is 2.39. The van der Waals surface area contributed by atoms with Crippen LogP contribution in [0.15, 0.2) is 24.3 Å². The molecule has 3 heteroatoms. The number of carbonyl (C=O) groups is 1. The van der Waals surface area contributed by atoms with Crippen molar-refractivity contribution in [2.75, 3.05) is 6.54 Å². The third kappa shape index (κ3) is 1.62. The van der Waals surface area contributed by atoms with Crippen molar-refractivity contribution >= 4 is 16.8 Å². The van der Waals surface area contributed by atoms with E-state index in [1.54, 1.807) is 6.92 Å². The van der Waals surface area contributed by atoms with Gasteiger partial charge in [-0.25, -0.2) is 0 Å². The summed E-state index contributed by atoms with van der Waals surface area (Å²) in [5.41, 5.74) is 3.96. The van der Waals surface area contributed by atoms with Gasteiger partial charge in [-0.2, -0.15) is 0 Å². The fourth-order valence-electron chi connectivity index (χ4n) is 3.87. The lowest BCUT2D eigenvalue weighted by molar-refractivity contribution is -0.134. The van der Waals surface area contributed by atoms with Gasteiger partial charge in [0.15, 0.2) is 0 Å². The molecule has 0 radical (unpaired) electrons. The maximum atomic E-state index is 12.0. The number of aromatic nitrogens is 1. The number of amides is 1. The highest BCUT2D eigenvalue weighted by atomic mass is 16.2. The van der Waals surface area contributed by atoms with Gasteiger partial charge in [0.05, 0.1) is 6.04 Å². The first kappa shape index (κ1) is 12.0. The molecule has 1 aromatic carbocycles. The highest BCUT2D eigenvalue weighted by Crippen LogP contribution is 2.45. The summed E-state index contributed by atoms with van der Waals surface area (Å²) in [7, 11) is 0. The van der Waals surface area contributed by atoms with Gasteiger partial charge < -0.3 is 9.88 Å². The van der Waals surface area contributed by atoms with E-state index in [0.717, 1.165) is 13.0 Å². The van der Waals surface area contributed by atoms with E-state index in [9.17, 15) is 4.79 Å². The van der Waals surface area contributed by atoms with E-state index in [1.165, 1.54) is 41.4 Å². The Morgan fingerprint density at radius 3 is 2.80 bits per heavy atom. The number of para-hydroxylation sites is 1. The maximum absolute atomic E-state index is 12.0. The number of H-pyrrole nitrogens is 1. The first-order valence-corrected chi connectivity index (χ1v) is 7.62. The molecule has 1 unspecified atom stereocenters. The van der Waals surface area contributed by atoms with E-state index in [2.05, 4.69) is 34.1 Å². The van der Waals surface area contributed by atoms with Crippen LogP contribution in [0.5, 0.6) is 0 Å². The number of rotatable bonds is 1. The second kappa shape index (κ2) is 4.37. The van der Waals surface area contributed by atoms with E-state index >= 15 is 0 Å². The number of hydrogen-bond acceptors (Lipinski definition) is 1. The second-order valence-electron chi connectivity index (χ2n) is 6.16. The van der Waals surface area contributed by atoms with E-state index in [0.29, 0.717) is 5.92 Å². The number of benzene rings is 1. The summed E-state index contributed by atoms with van der Waals surface area (Å²) in [6, 6.07) is 8.80. The highest BCUT2D eigenvalue weighted by molar-refractivity contribution is 5.86. The first-order chi connectivity index (χ1) is 9.75. The SMILES string of the molecule is CC(=O)N1CCc2c([nH]c3ccccc23)C1C1CCC1. The molecule has 1 N–H and O–H groups in total. The molecule has 0 saturated heterocycles. The number of nitrogens with one attached hydrogen (secondary N) is 1. The fourth-order valence-corrected chi connectivity index (χ4v) is 3.87. The zero-order chi connectivity index (χ0) is 13.7. The van der Waals surface area contributed by atoms with Crippen molar-refractivity contribution < 1.29 is 4.79 Å². The summed E-state index contributed by atoms with van der Waals surface area (Å²) in [5.74, 6) is 0.859. The van der Waals surface area contributed by atoms with Gasteiger partial charge in [-0.05, 0) is 36.8 Å².